The highest BCUT2D eigenvalue weighted by Crippen LogP contribution is 2.03. The van der Waals surface area contributed by atoms with Crippen LogP contribution in [0.2, 0.25) is 0 Å². The van der Waals surface area contributed by atoms with E-state index in [4.69, 9.17) is 4.52 Å². The summed E-state index contributed by atoms with van der Waals surface area (Å²) in [5.41, 5.74) is 0.414. The van der Waals surface area contributed by atoms with Gasteiger partial charge in [-0.15, -0.1) is 0 Å². The van der Waals surface area contributed by atoms with Crippen molar-refractivity contribution in [3.05, 3.63) is 53.2 Å². The van der Waals surface area contributed by atoms with Gasteiger partial charge in [0.1, 0.15) is 11.6 Å². The SMILES string of the molecule is Cc1cc(C(=O)NCCNC(=O)c2cccc(F)c2)no1. The first-order chi connectivity index (χ1) is 10.1. The molecule has 21 heavy (non-hydrogen) atoms. The Labute approximate surface area is 120 Å². The highest BCUT2D eigenvalue weighted by molar-refractivity contribution is 5.94. The van der Waals surface area contributed by atoms with E-state index in [1.54, 1.807) is 6.92 Å². The lowest BCUT2D eigenvalue weighted by Gasteiger charge is -2.06. The lowest BCUT2D eigenvalue weighted by Crippen LogP contribution is -2.34. The van der Waals surface area contributed by atoms with Crippen LogP contribution in [0, 0.1) is 12.7 Å². The molecule has 0 unspecified atom stereocenters. The number of hydrogen-bond acceptors (Lipinski definition) is 4. The molecule has 0 bridgehead atoms. The molecule has 1 heterocycles. The van der Waals surface area contributed by atoms with E-state index >= 15 is 0 Å². The summed E-state index contributed by atoms with van der Waals surface area (Å²) >= 11 is 0. The summed E-state index contributed by atoms with van der Waals surface area (Å²) in [6.07, 6.45) is 0. The number of carbonyl (C=O) groups is 2. The highest BCUT2D eigenvalue weighted by Gasteiger charge is 2.10. The first kappa shape index (κ1) is 14.7. The van der Waals surface area contributed by atoms with Gasteiger partial charge in [-0.3, -0.25) is 9.59 Å². The van der Waals surface area contributed by atoms with Gasteiger partial charge in [0.05, 0.1) is 0 Å². The summed E-state index contributed by atoms with van der Waals surface area (Å²) in [7, 11) is 0. The van der Waals surface area contributed by atoms with E-state index in [0.29, 0.717) is 5.76 Å². The number of halogens is 1. The molecule has 0 atom stereocenters. The Morgan fingerprint density at radius 3 is 2.52 bits per heavy atom. The third-order valence-electron chi connectivity index (χ3n) is 2.64. The summed E-state index contributed by atoms with van der Waals surface area (Å²) in [6.45, 7) is 2.13. The first-order valence-electron chi connectivity index (χ1n) is 6.31. The predicted molar refractivity (Wildman–Crippen MR) is 72.3 cm³/mol. The monoisotopic (exact) mass is 291 g/mol. The van der Waals surface area contributed by atoms with Crippen molar-refractivity contribution in [2.45, 2.75) is 6.92 Å². The number of benzene rings is 1. The topological polar surface area (TPSA) is 84.2 Å². The zero-order valence-corrected chi connectivity index (χ0v) is 11.4. The maximum Gasteiger partial charge on any atom is 0.273 e. The molecule has 1 aromatic carbocycles. The molecular weight excluding hydrogens is 277 g/mol. The van der Waals surface area contributed by atoms with Gasteiger partial charge >= 0.3 is 0 Å². The van der Waals surface area contributed by atoms with E-state index in [9.17, 15) is 14.0 Å². The minimum Gasteiger partial charge on any atom is -0.361 e. The van der Waals surface area contributed by atoms with Crippen molar-refractivity contribution >= 4 is 11.8 Å². The number of hydrogen-bond donors (Lipinski definition) is 2. The van der Waals surface area contributed by atoms with Crippen LogP contribution in [-0.4, -0.2) is 30.1 Å². The van der Waals surface area contributed by atoms with Crippen molar-refractivity contribution in [2.24, 2.45) is 0 Å². The van der Waals surface area contributed by atoms with Crippen LogP contribution in [0.4, 0.5) is 4.39 Å². The molecule has 0 saturated heterocycles. The second-order valence-electron chi connectivity index (χ2n) is 4.34. The molecule has 2 rings (SSSR count). The smallest absolute Gasteiger partial charge is 0.273 e. The lowest BCUT2D eigenvalue weighted by atomic mass is 10.2. The van der Waals surface area contributed by atoms with Crippen LogP contribution in [0.3, 0.4) is 0 Å². The van der Waals surface area contributed by atoms with Crippen LogP contribution in [0.5, 0.6) is 0 Å². The molecular formula is C14H14FN3O3. The highest BCUT2D eigenvalue weighted by atomic mass is 19.1. The van der Waals surface area contributed by atoms with Crippen molar-refractivity contribution in [3.8, 4) is 0 Å². The van der Waals surface area contributed by atoms with E-state index in [2.05, 4.69) is 15.8 Å². The van der Waals surface area contributed by atoms with Gasteiger partial charge < -0.3 is 15.2 Å². The zero-order chi connectivity index (χ0) is 15.2. The van der Waals surface area contributed by atoms with Crippen molar-refractivity contribution < 1.29 is 18.5 Å². The molecule has 2 N–H and O–H groups in total. The molecule has 110 valence electrons. The second kappa shape index (κ2) is 6.65. The second-order valence-corrected chi connectivity index (χ2v) is 4.34. The molecule has 2 aromatic rings. The summed E-state index contributed by atoms with van der Waals surface area (Å²) in [4.78, 5) is 23.3. The Morgan fingerprint density at radius 2 is 1.90 bits per heavy atom. The maximum absolute atomic E-state index is 13.0. The Morgan fingerprint density at radius 1 is 1.19 bits per heavy atom. The third kappa shape index (κ3) is 4.13. The molecule has 6 nitrogen and oxygen atoms in total. The minimum atomic E-state index is -0.475. The molecule has 0 fully saturated rings. The van der Waals surface area contributed by atoms with Crippen LogP contribution < -0.4 is 10.6 Å². The number of amides is 2. The number of aromatic nitrogens is 1. The molecule has 0 spiro atoms. The molecule has 0 saturated carbocycles. The maximum atomic E-state index is 13.0. The van der Waals surface area contributed by atoms with Gasteiger partial charge in [0, 0.05) is 24.7 Å². The Bertz CT molecular complexity index is 654. The molecule has 0 aliphatic carbocycles. The third-order valence-corrected chi connectivity index (χ3v) is 2.64. The summed E-state index contributed by atoms with van der Waals surface area (Å²) in [6, 6.07) is 6.89. The standard InChI is InChI=1S/C14H14FN3O3/c1-9-7-12(18-21-9)14(20)17-6-5-16-13(19)10-3-2-4-11(15)8-10/h2-4,7-8H,5-6H2,1H3,(H,16,19)(H,17,20). The Balaban J connectivity index is 1.75. The van der Waals surface area contributed by atoms with Crippen LogP contribution in [0.15, 0.2) is 34.9 Å². The van der Waals surface area contributed by atoms with Crippen molar-refractivity contribution in [3.63, 3.8) is 0 Å². The van der Waals surface area contributed by atoms with Gasteiger partial charge in [0.15, 0.2) is 5.69 Å². The quantitative estimate of drug-likeness (QED) is 0.813. The van der Waals surface area contributed by atoms with Gasteiger partial charge in [0.25, 0.3) is 11.8 Å². The number of nitrogens with zero attached hydrogens (tertiary/aromatic N) is 1. The zero-order valence-electron chi connectivity index (χ0n) is 11.4. The number of aryl methyl sites for hydroxylation is 1. The van der Waals surface area contributed by atoms with Crippen molar-refractivity contribution in [1.29, 1.82) is 0 Å². The van der Waals surface area contributed by atoms with Gasteiger partial charge in [0.2, 0.25) is 0 Å². The molecule has 0 radical (unpaired) electrons. The summed E-state index contributed by atoms with van der Waals surface area (Å²) in [5, 5.41) is 8.73. The van der Waals surface area contributed by atoms with E-state index < -0.39 is 11.7 Å². The van der Waals surface area contributed by atoms with Crippen LogP contribution >= 0.6 is 0 Å². The van der Waals surface area contributed by atoms with Gasteiger partial charge in [-0.1, -0.05) is 11.2 Å². The largest absolute Gasteiger partial charge is 0.361 e. The Hall–Kier alpha value is -2.70. The predicted octanol–water partition coefficient (Wildman–Crippen LogP) is 1.28. The van der Waals surface area contributed by atoms with E-state index in [-0.39, 0.29) is 30.3 Å². The number of nitrogens with one attached hydrogen (secondary N) is 2. The van der Waals surface area contributed by atoms with Crippen molar-refractivity contribution in [1.82, 2.24) is 15.8 Å². The summed E-state index contributed by atoms with van der Waals surface area (Å²) in [5.74, 6) is -0.718. The molecule has 2 amide bonds. The first-order valence-corrected chi connectivity index (χ1v) is 6.31. The van der Waals surface area contributed by atoms with Crippen molar-refractivity contribution in [2.75, 3.05) is 13.1 Å². The average Bonchev–Trinajstić information content (AvgIpc) is 2.90. The van der Waals surface area contributed by atoms with Gasteiger partial charge in [-0.25, -0.2) is 4.39 Å². The van der Waals surface area contributed by atoms with E-state index in [0.717, 1.165) is 6.07 Å². The number of carbonyl (C=O) groups excluding carboxylic acids is 2. The molecule has 0 aliphatic rings. The molecule has 0 aliphatic heterocycles. The van der Waals surface area contributed by atoms with Crippen LogP contribution in [0.25, 0.3) is 0 Å². The fourth-order valence-corrected chi connectivity index (χ4v) is 1.65. The molecule has 1 aromatic heterocycles. The van der Waals surface area contributed by atoms with Crippen LogP contribution in [-0.2, 0) is 0 Å². The summed E-state index contributed by atoms with van der Waals surface area (Å²) < 4.78 is 17.7. The average molecular weight is 291 g/mol. The normalized spacial score (nSPS) is 10.2. The van der Waals surface area contributed by atoms with E-state index in [1.165, 1.54) is 24.3 Å². The Kier molecular flexibility index (Phi) is 4.65. The molecule has 7 heteroatoms. The van der Waals surface area contributed by atoms with Gasteiger partial charge in [-0.05, 0) is 25.1 Å². The van der Waals surface area contributed by atoms with Crippen LogP contribution in [0.1, 0.15) is 26.6 Å². The van der Waals surface area contributed by atoms with Gasteiger partial charge in [-0.2, -0.15) is 0 Å². The fraction of sp³-hybridized carbons (Fsp3) is 0.214. The lowest BCUT2D eigenvalue weighted by molar-refractivity contribution is 0.0922. The van der Waals surface area contributed by atoms with E-state index in [1.807, 2.05) is 0 Å². The number of rotatable bonds is 5. The fourth-order valence-electron chi connectivity index (χ4n) is 1.65. The minimum absolute atomic E-state index is 0.184.